The zero-order valence-electron chi connectivity index (χ0n) is 15.1. The highest BCUT2D eigenvalue weighted by molar-refractivity contribution is 5.41. The molecule has 4 nitrogen and oxygen atoms in total. The minimum absolute atomic E-state index is 0.342. The monoisotopic (exact) mass is 350 g/mol. The van der Waals surface area contributed by atoms with Gasteiger partial charge >= 0.3 is 0 Å². The van der Waals surface area contributed by atoms with Crippen molar-refractivity contribution in [2.75, 3.05) is 32.8 Å². The molecular formula is C22H26N2O2. The van der Waals surface area contributed by atoms with Gasteiger partial charge in [-0.25, -0.2) is 0 Å². The van der Waals surface area contributed by atoms with Crippen molar-refractivity contribution in [2.45, 2.75) is 30.7 Å². The number of nitrogens with zero attached hydrogens (tertiary/aromatic N) is 1. The van der Waals surface area contributed by atoms with E-state index in [1.807, 2.05) is 12.1 Å². The van der Waals surface area contributed by atoms with Crippen LogP contribution in [0.2, 0.25) is 0 Å². The molecular weight excluding hydrogens is 324 g/mol. The van der Waals surface area contributed by atoms with Crippen LogP contribution in [0.1, 0.15) is 34.9 Å². The summed E-state index contributed by atoms with van der Waals surface area (Å²) in [6.07, 6.45) is 2.42. The van der Waals surface area contributed by atoms with Crippen LogP contribution in [0.15, 0.2) is 48.5 Å². The summed E-state index contributed by atoms with van der Waals surface area (Å²) in [7, 11) is 0. The summed E-state index contributed by atoms with van der Waals surface area (Å²) in [4.78, 5) is 13.8. The maximum absolute atomic E-state index is 5.59. The van der Waals surface area contributed by atoms with Gasteiger partial charge in [0.05, 0.1) is 0 Å². The van der Waals surface area contributed by atoms with E-state index in [4.69, 9.17) is 9.78 Å². The summed E-state index contributed by atoms with van der Waals surface area (Å²) in [6.45, 7) is 4.96. The molecule has 2 aromatic carbocycles. The van der Waals surface area contributed by atoms with E-state index in [1.165, 1.54) is 24.0 Å². The van der Waals surface area contributed by atoms with Gasteiger partial charge in [-0.2, -0.15) is 4.89 Å². The number of para-hydroxylation sites is 1. The van der Waals surface area contributed by atoms with Gasteiger partial charge in [0.2, 0.25) is 0 Å². The van der Waals surface area contributed by atoms with Crippen LogP contribution in [0.3, 0.4) is 0 Å². The number of hydrogen-bond donors (Lipinski definition) is 1. The molecule has 26 heavy (non-hydrogen) atoms. The highest BCUT2D eigenvalue weighted by Gasteiger charge is 2.41. The SMILES string of the molecule is c1ccc2c(c1)CCC2C(C1COOc2ccccc21)N1CCNCC1. The smallest absolute Gasteiger partial charge is 0.169 e. The van der Waals surface area contributed by atoms with Gasteiger partial charge in [0.15, 0.2) is 5.75 Å². The van der Waals surface area contributed by atoms with Crippen molar-refractivity contribution < 1.29 is 9.78 Å². The molecule has 0 saturated carbocycles. The van der Waals surface area contributed by atoms with Crippen LogP contribution in [0, 0.1) is 0 Å². The summed E-state index contributed by atoms with van der Waals surface area (Å²) in [5, 5.41) is 3.50. The van der Waals surface area contributed by atoms with Gasteiger partial charge in [-0.1, -0.05) is 42.5 Å². The molecule has 5 rings (SSSR count). The number of nitrogens with one attached hydrogen (secondary N) is 1. The lowest BCUT2D eigenvalue weighted by molar-refractivity contribution is -0.226. The molecule has 3 unspecified atom stereocenters. The molecule has 2 aromatic rings. The lowest BCUT2D eigenvalue weighted by Crippen LogP contribution is -2.53. The molecule has 1 aliphatic carbocycles. The minimum Gasteiger partial charge on any atom is -0.337 e. The highest BCUT2D eigenvalue weighted by Crippen LogP contribution is 2.45. The molecule has 3 aliphatic rings. The van der Waals surface area contributed by atoms with E-state index in [2.05, 4.69) is 46.6 Å². The standard InChI is InChI=1S/C22H26N2O2/c1-2-6-17-16(5-1)9-10-19(17)22(24-13-11-23-12-14-24)20-15-25-26-21-8-4-3-7-18(20)21/h1-8,19-20,22-23H,9-15H2. The van der Waals surface area contributed by atoms with Gasteiger partial charge in [-0.15, -0.1) is 0 Å². The van der Waals surface area contributed by atoms with E-state index in [9.17, 15) is 0 Å². The normalized spacial score (nSPS) is 26.6. The predicted octanol–water partition coefficient (Wildman–Crippen LogP) is 3.10. The fraction of sp³-hybridized carbons (Fsp3) is 0.455. The molecule has 1 N–H and O–H groups in total. The number of piperazine rings is 1. The number of fused-ring (bicyclic) bond motifs is 2. The van der Waals surface area contributed by atoms with Crippen LogP contribution in [-0.4, -0.2) is 43.7 Å². The fourth-order valence-electron chi connectivity index (χ4n) is 5.12. The van der Waals surface area contributed by atoms with Crippen LogP contribution in [0.4, 0.5) is 0 Å². The van der Waals surface area contributed by atoms with Gasteiger partial charge in [0, 0.05) is 49.6 Å². The molecule has 0 radical (unpaired) electrons. The van der Waals surface area contributed by atoms with Gasteiger partial charge in [0.25, 0.3) is 0 Å². The molecule has 0 amide bonds. The van der Waals surface area contributed by atoms with Crippen LogP contribution in [0.25, 0.3) is 0 Å². The molecule has 136 valence electrons. The average molecular weight is 350 g/mol. The van der Waals surface area contributed by atoms with E-state index >= 15 is 0 Å². The van der Waals surface area contributed by atoms with Crippen molar-refractivity contribution >= 4 is 0 Å². The number of hydrogen-bond acceptors (Lipinski definition) is 4. The number of aryl methyl sites for hydroxylation is 1. The first-order valence-corrected chi connectivity index (χ1v) is 9.83. The van der Waals surface area contributed by atoms with Crippen LogP contribution >= 0.6 is 0 Å². The van der Waals surface area contributed by atoms with E-state index in [1.54, 1.807) is 5.56 Å². The molecule has 0 aromatic heterocycles. The molecule has 2 aliphatic heterocycles. The lowest BCUT2D eigenvalue weighted by atomic mass is 9.79. The molecule has 0 bridgehead atoms. The third kappa shape index (κ3) is 2.82. The molecule has 0 spiro atoms. The third-order valence-electron chi connectivity index (χ3n) is 6.29. The summed E-state index contributed by atoms with van der Waals surface area (Å²) in [5.74, 6) is 1.79. The number of rotatable bonds is 3. The second-order valence-electron chi connectivity index (χ2n) is 7.63. The topological polar surface area (TPSA) is 33.7 Å². The Morgan fingerprint density at radius 1 is 0.923 bits per heavy atom. The predicted molar refractivity (Wildman–Crippen MR) is 101 cm³/mol. The van der Waals surface area contributed by atoms with Crippen molar-refractivity contribution in [1.82, 2.24) is 10.2 Å². The Bertz CT molecular complexity index is 772. The Balaban J connectivity index is 1.56. The number of benzene rings is 2. The maximum Gasteiger partial charge on any atom is 0.169 e. The Hall–Kier alpha value is -1.88. The Kier molecular flexibility index (Phi) is 4.41. The van der Waals surface area contributed by atoms with Crippen LogP contribution in [-0.2, 0) is 11.3 Å². The first kappa shape index (κ1) is 16.3. The Labute approximate surface area is 155 Å². The molecule has 1 fully saturated rings. The largest absolute Gasteiger partial charge is 0.337 e. The Morgan fingerprint density at radius 3 is 2.58 bits per heavy atom. The summed E-state index contributed by atoms with van der Waals surface area (Å²) < 4.78 is 0. The van der Waals surface area contributed by atoms with Gasteiger partial charge < -0.3 is 10.2 Å². The molecule has 4 heteroatoms. The first-order valence-electron chi connectivity index (χ1n) is 9.83. The van der Waals surface area contributed by atoms with Crippen molar-refractivity contribution in [3.05, 3.63) is 65.2 Å². The van der Waals surface area contributed by atoms with E-state index in [0.717, 1.165) is 31.9 Å². The van der Waals surface area contributed by atoms with Crippen LogP contribution in [0.5, 0.6) is 5.75 Å². The van der Waals surface area contributed by atoms with E-state index in [0.29, 0.717) is 24.5 Å². The first-order chi connectivity index (χ1) is 12.9. The summed E-state index contributed by atoms with van der Waals surface area (Å²) in [5.41, 5.74) is 4.37. The molecule has 3 atom stereocenters. The van der Waals surface area contributed by atoms with Crippen molar-refractivity contribution in [3.8, 4) is 5.75 Å². The van der Waals surface area contributed by atoms with Crippen molar-refractivity contribution in [1.29, 1.82) is 0 Å². The van der Waals surface area contributed by atoms with Gasteiger partial charge in [-0.05, 0) is 30.0 Å². The maximum atomic E-state index is 5.59. The van der Waals surface area contributed by atoms with Gasteiger partial charge in [0.1, 0.15) is 6.61 Å². The zero-order valence-corrected chi connectivity index (χ0v) is 15.1. The quantitative estimate of drug-likeness (QED) is 0.863. The summed E-state index contributed by atoms with van der Waals surface area (Å²) in [6, 6.07) is 17.9. The van der Waals surface area contributed by atoms with Crippen molar-refractivity contribution in [3.63, 3.8) is 0 Å². The fourth-order valence-corrected chi connectivity index (χ4v) is 5.12. The lowest BCUT2D eigenvalue weighted by Gasteiger charge is -2.44. The highest BCUT2D eigenvalue weighted by atomic mass is 17.2. The van der Waals surface area contributed by atoms with Crippen molar-refractivity contribution in [2.24, 2.45) is 0 Å². The van der Waals surface area contributed by atoms with E-state index in [-0.39, 0.29) is 0 Å². The van der Waals surface area contributed by atoms with Crippen LogP contribution < -0.4 is 10.2 Å². The second-order valence-corrected chi connectivity index (χ2v) is 7.63. The second kappa shape index (κ2) is 7.03. The molecule has 2 heterocycles. The van der Waals surface area contributed by atoms with Gasteiger partial charge in [-0.3, -0.25) is 4.90 Å². The van der Waals surface area contributed by atoms with E-state index < -0.39 is 0 Å². The minimum atomic E-state index is 0.342. The third-order valence-corrected chi connectivity index (χ3v) is 6.29. The summed E-state index contributed by atoms with van der Waals surface area (Å²) >= 11 is 0. The Morgan fingerprint density at radius 2 is 1.69 bits per heavy atom. The molecule has 1 saturated heterocycles. The average Bonchev–Trinajstić information content (AvgIpc) is 3.13. The zero-order chi connectivity index (χ0) is 17.3.